The summed E-state index contributed by atoms with van der Waals surface area (Å²) in [6.45, 7) is 0. The quantitative estimate of drug-likeness (QED) is 0.559. The lowest BCUT2D eigenvalue weighted by Crippen LogP contribution is -2.17. The fourth-order valence-electron chi connectivity index (χ4n) is 2.80. The number of rotatable bonds is 5. The van der Waals surface area contributed by atoms with Crippen LogP contribution in [0, 0.1) is 10.1 Å². The van der Waals surface area contributed by atoms with Crippen molar-refractivity contribution in [2.75, 3.05) is 5.32 Å². The third-order valence-electron chi connectivity index (χ3n) is 4.27. The first-order chi connectivity index (χ1) is 12.6. The second-order valence-electron chi connectivity index (χ2n) is 6.24. The Morgan fingerprint density at radius 3 is 2.58 bits per heavy atom. The molecule has 0 spiro atoms. The van der Waals surface area contributed by atoms with Crippen LogP contribution in [-0.2, 0) is 0 Å². The molecule has 1 amide bonds. The van der Waals surface area contributed by atoms with Gasteiger partial charge >= 0.3 is 0 Å². The van der Waals surface area contributed by atoms with E-state index >= 15 is 0 Å². The van der Waals surface area contributed by atoms with Gasteiger partial charge in [0.1, 0.15) is 5.69 Å². The summed E-state index contributed by atoms with van der Waals surface area (Å²) >= 11 is 0. The largest absolute Gasteiger partial charge is 0.320 e. The van der Waals surface area contributed by atoms with Crippen molar-refractivity contribution in [2.45, 2.75) is 18.8 Å². The molecule has 3 aromatic rings. The second kappa shape index (κ2) is 6.44. The number of anilines is 1. The molecule has 0 aliphatic heterocycles. The van der Waals surface area contributed by atoms with Crippen LogP contribution in [0.3, 0.4) is 0 Å². The maximum atomic E-state index is 12.8. The summed E-state index contributed by atoms with van der Waals surface area (Å²) in [5, 5.41) is 18.2. The predicted octanol–water partition coefficient (Wildman–Crippen LogP) is 3.91. The monoisotopic (exact) mass is 348 g/mol. The summed E-state index contributed by atoms with van der Waals surface area (Å²) in [5.41, 5.74) is 2.40. The number of nitro groups is 1. The molecule has 7 heteroatoms. The molecule has 130 valence electrons. The van der Waals surface area contributed by atoms with E-state index in [0.717, 1.165) is 24.2 Å². The Labute approximate surface area is 149 Å². The van der Waals surface area contributed by atoms with Gasteiger partial charge in [-0.2, -0.15) is 5.10 Å². The molecule has 1 saturated carbocycles. The van der Waals surface area contributed by atoms with Crippen LogP contribution < -0.4 is 5.32 Å². The number of aromatic nitrogens is 2. The average molecular weight is 348 g/mol. The predicted molar refractivity (Wildman–Crippen MR) is 96.6 cm³/mol. The zero-order valence-corrected chi connectivity index (χ0v) is 13.8. The number of hydrogen-bond donors (Lipinski definition) is 1. The molecule has 0 atom stereocenters. The minimum Gasteiger partial charge on any atom is -0.320 e. The number of nitrogens with one attached hydrogen (secondary N) is 1. The number of nitrogens with zero attached hydrogens (tertiary/aromatic N) is 3. The van der Waals surface area contributed by atoms with Gasteiger partial charge in [0.25, 0.3) is 11.6 Å². The van der Waals surface area contributed by atoms with Crippen molar-refractivity contribution < 1.29 is 9.72 Å². The lowest BCUT2D eigenvalue weighted by atomic mass is 10.2. The van der Waals surface area contributed by atoms with Gasteiger partial charge in [-0.1, -0.05) is 24.3 Å². The molecule has 0 unspecified atom stereocenters. The SMILES string of the molecule is O=C(Nc1cccc([N+](=O)[O-])c1)c1cc(C2CC2)nn1-c1ccccc1. The number of nitro benzene ring substituents is 1. The van der Waals surface area contributed by atoms with E-state index < -0.39 is 4.92 Å². The first kappa shape index (κ1) is 16.0. The Morgan fingerprint density at radius 2 is 1.88 bits per heavy atom. The van der Waals surface area contributed by atoms with E-state index in [0.29, 0.717) is 17.3 Å². The highest BCUT2D eigenvalue weighted by atomic mass is 16.6. The zero-order chi connectivity index (χ0) is 18.1. The fourth-order valence-corrected chi connectivity index (χ4v) is 2.80. The van der Waals surface area contributed by atoms with Crippen LogP contribution in [0.5, 0.6) is 0 Å². The van der Waals surface area contributed by atoms with Gasteiger partial charge in [-0.3, -0.25) is 14.9 Å². The van der Waals surface area contributed by atoms with E-state index in [1.807, 2.05) is 30.3 Å². The third kappa shape index (κ3) is 3.19. The molecule has 1 aromatic heterocycles. The van der Waals surface area contributed by atoms with Crippen molar-refractivity contribution in [2.24, 2.45) is 0 Å². The van der Waals surface area contributed by atoms with Crippen molar-refractivity contribution in [3.8, 4) is 5.69 Å². The molecule has 2 aromatic carbocycles. The molecule has 1 fully saturated rings. The molecular formula is C19H16N4O3. The topological polar surface area (TPSA) is 90.1 Å². The standard InChI is InChI=1S/C19H16N4O3/c24-19(20-14-5-4-8-16(11-14)23(25)26)18-12-17(13-9-10-13)21-22(18)15-6-2-1-3-7-15/h1-8,11-13H,9-10H2,(H,20,24). The highest BCUT2D eigenvalue weighted by molar-refractivity contribution is 6.03. The number of hydrogen-bond acceptors (Lipinski definition) is 4. The minimum atomic E-state index is -0.491. The molecule has 1 N–H and O–H groups in total. The van der Waals surface area contributed by atoms with E-state index in [9.17, 15) is 14.9 Å². The summed E-state index contributed by atoms with van der Waals surface area (Å²) in [5.74, 6) is 0.0538. The number of carbonyl (C=O) groups is 1. The molecule has 7 nitrogen and oxygen atoms in total. The third-order valence-corrected chi connectivity index (χ3v) is 4.27. The first-order valence-electron chi connectivity index (χ1n) is 8.33. The van der Waals surface area contributed by atoms with Gasteiger partial charge in [0.05, 0.1) is 16.3 Å². The van der Waals surface area contributed by atoms with Crippen LogP contribution >= 0.6 is 0 Å². The van der Waals surface area contributed by atoms with Crippen molar-refractivity contribution in [3.05, 3.63) is 82.2 Å². The van der Waals surface area contributed by atoms with E-state index in [2.05, 4.69) is 10.4 Å². The molecule has 26 heavy (non-hydrogen) atoms. The summed E-state index contributed by atoms with van der Waals surface area (Å²) in [6.07, 6.45) is 2.16. The smallest absolute Gasteiger partial charge is 0.274 e. The maximum Gasteiger partial charge on any atom is 0.274 e. The van der Waals surface area contributed by atoms with Gasteiger partial charge in [-0.25, -0.2) is 4.68 Å². The van der Waals surface area contributed by atoms with Crippen LogP contribution in [0.25, 0.3) is 5.69 Å². The average Bonchev–Trinajstić information content (AvgIpc) is 3.41. The Bertz CT molecular complexity index is 977. The normalized spacial score (nSPS) is 13.4. The highest BCUT2D eigenvalue weighted by Gasteiger charge is 2.29. The Kier molecular flexibility index (Phi) is 3.96. The van der Waals surface area contributed by atoms with E-state index in [1.165, 1.54) is 18.2 Å². The molecule has 1 aliphatic carbocycles. The molecule has 1 heterocycles. The lowest BCUT2D eigenvalue weighted by molar-refractivity contribution is -0.384. The fraction of sp³-hybridized carbons (Fsp3) is 0.158. The Hall–Kier alpha value is -3.48. The van der Waals surface area contributed by atoms with Gasteiger partial charge in [-0.15, -0.1) is 0 Å². The molecule has 0 saturated heterocycles. The van der Waals surface area contributed by atoms with Crippen LogP contribution in [0.1, 0.15) is 34.9 Å². The summed E-state index contributed by atoms with van der Waals surface area (Å²) in [4.78, 5) is 23.2. The summed E-state index contributed by atoms with van der Waals surface area (Å²) < 4.78 is 1.63. The summed E-state index contributed by atoms with van der Waals surface area (Å²) in [7, 11) is 0. The van der Waals surface area contributed by atoms with Crippen LogP contribution in [0.15, 0.2) is 60.7 Å². The number of carbonyl (C=O) groups excluding carboxylic acids is 1. The van der Waals surface area contributed by atoms with Gasteiger partial charge in [0.2, 0.25) is 0 Å². The van der Waals surface area contributed by atoms with Gasteiger partial charge < -0.3 is 5.32 Å². The van der Waals surface area contributed by atoms with E-state index in [4.69, 9.17) is 0 Å². The van der Waals surface area contributed by atoms with E-state index in [1.54, 1.807) is 16.8 Å². The Morgan fingerprint density at radius 1 is 1.12 bits per heavy atom. The van der Waals surface area contributed by atoms with Gasteiger partial charge in [0.15, 0.2) is 0 Å². The minimum absolute atomic E-state index is 0.0713. The van der Waals surface area contributed by atoms with Crippen molar-refractivity contribution in [1.82, 2.24) is 9.78 Å². The maximum absolute atomic E-state index is 12.8. The van der Waals surface area contributed by atoms with Crippen molar-refractivity contribution in [1.29, 1.82) is 0 Å². The Balaban J connectivity index is 1.67. The van der Waals surface area contributed by atoms with Gasteiger partial charge in [-0.05, 0) is 37.1 Å². The molecule has 1 aliphatic rings. The number of benzene rings is 2. The highest BCUT2D eigenvalue weighted by Crippen LogP contribution is 2.39. The molecular weight excluding hydrogens is 332 g/mol. The number of amides is 1. The molecule has 0 bridgehead atoms. The van der Waals surface area contributed by atoms with Crippen LogP contribution in [-0.4, -0.2) is 20.6 Å². The summed E-state index contributed by atoms with van der Waals surface area (Å²) in [6, 6.07) is 17.1. The lowest BCUT2D eigenvalue weighted by Gasteiger charge is -2.08. The zero-order valence-electron chi connectivity index (χ0n) is 13.8. The van der Waals surface area contributed by atoms with Crippen LogP contribution in [0.2, 0.25) is 0 Å². The first-order valence-corrected chi connectivity index (χ1v) is 8.33. The van der Waals surface area contributed by atoms with Crippen molar-refractivity contribution in [3.63, 3.8) is 0 Å². The van der Waals surface area contributed by atoms with Crippen LogP contribution in [0.4, 0.5) is 11.4 Å². The molecule has 4 rings (SSSR count). The number of para-hydroxylation sites is 1. The van der Waals surface area contributed by atoms with E-state index in [-0.39, 0.29) is 11.6 Å². The number of non-ortho nitro benzene ring substituents is 1. The second-order valence-corrected chi connectivity index (χ2v) is 6.24. The van der Waals surface area contributed by atoms with Crippen molar-refractivity contribution >= 4 is 17.3 Å². The van der Waals surface area contributed by atoms with Gasteiger partial charge in [0, 0.05) is 23.7 Å². The molecule has 0 radical (unpaired) electrons.